The molecule has 2 atom stereocenters. The first-order valence-corrected chi connectivity index (χ1v) is 12.2. The van der Waals surface area contributed by atoms with Gasteiger partial charge in [-0.3, -0.25) is 9.88 Å². The van der Waals surface area contributed by atoms with E-state index in [0.29, 0.717) is 31.4 Å². The van der Waals surface area contributed by atoms with E-state index in [1.165, 1.54) is 35.3 Å². The number of rotatable bonds is 5. The van der Waals surface area contributed by atoms with E-state index in [1.54, 1.807) is 12.4 Å². The summed E-state index contributed by atoms with van der Waals surface area (Å²) in [5.41, 5.74) is 1.18. The maximum Gasteiger partial charge on any atom is 0.243 e. The highest BCUT2D eigenvalue weighted by molar-refractivity contribution is 7.89. The minimum absolute atomic E-state index is 0.0468. The molecule has 31 heavy (non-hydrogen) atoms. The highest BCUT2D eigenvalue weighted by Gasteiger charge is 2.41. The monoisotopic (exact) mass is 459 g/mol. The zero-order chi connectivity index (χ0) is 21.6. The Morgan fingerprint density at radius 3 is 2.71 bits per heavy atom. The fraction of sp³-hybridized carbons (Fsp3) is 0.476. The van der Waals surface area contributed by atoms with Crippen LogP contribution in [0.2, 0.25) is 5.02 Å². The molecule has 162 valence electrons. The number of ether oxygens (including phenoxy) is 1. The average molecular weight is 460 g/mol. The molecule has 0 spiro atoms. The van der Waals surface area contributed by atoms with Crippen molar-refractivity contribution >= 4 is 21.6 Å². The fourth-order valence-electron chi connectivity index (χ4n) is 4.32. The molecule has 3 fully saturated rings. The lowest BCUT2D eigenvalue weighted by molar-refractivity contribution is 0.151. The summed E-state index contributed by atoms with van der Waals surface area (Å²) < 4.78 is 33.8. The number of aromatic nitrogens is 2. The van der Waals surface area contributed by atoms with Gasteiger partial charge in [0.15, 0.2) is 0 Å². The van der Waals surface area contributed by atoms with Gasteiger partial charge in [-0.25, -0.2) is 13.4 Å². The number of sulfonamides is 1. The van der Waals surface area contributed by atoms with Gasteiger partial charge in [0.2, 0.25) is 15.9 Å². The van der Waals surface area contributed by atoms with E-state index in [2.05, 4.69) is 14.9 Å². The van der Waals surface area contributed by atoms with Gasteiger partial charge in [0.1, 0.15) is 12.2 Å². The summed E-state index contributed by atoms with van der Waals surface area (Å²) >= 11 is 5.95. The predicted molar refractivity (Wildman–Crippen MR) is 113 cm³/mol. The first kappa shape index (κ1) is 20.6. The predicted octanol–water partition coefficient (Wildman–Crippen LogP) is 2.41. The van der Waals surface area contributed by atoms with Crippen LogP contribution in [0.25, 0.3) is 0 Å². The van der Waals surface area contributed by atoms with Gasteiger partial charge < -0.3 is 4.74 Å². The van der Waals surface area contributed by atoms with Crippen molar-refractivity contribution in [3.8, 4) is 11.9 Å². The first-order chi connectivity index (χ1) is 14.9. The second-order valence-electron chi connectivity index (χ2n) is 8.29. The maximum absolute atomic E-state index is 13.1. The number of hydrogen-bond donors (Lipinski definition) is 0. The molecular weight excluding hydrogens is 438 g/mol. The van der Waals surface area contributed by atoms with Gasteiger partial charge in [0.05, 0.1) is 33.6 Å². The van der Waals surface area contributed by atoms with Crippen molar-refractivity contribution in [3.05, 3.63) is 46.9 Å². The SMILES string of the molecule is N#Cc1cc(S(=O)(=O)N2CCN3C[C@H](Oc4cnc(C5CC5)cn4)C[C@H]3C2)ccc1Cl. The van der Waals surface area contributed by atoms with Crippen molar-refractivity contribution in [1.29, 1.82) is 5.26 Å². The summed E-state index contributed by atoms with van der Waals surface area (Å²) in [5.74, 6) is 1.07. The Labute approximate surface area is 186 Å². The molecular formula is C21H22ClN5O3S. The molecule has 8 nitrogen and oxygen atoms in total. The van der Waals surface area contributed by atoms with Gasteiger partial charge in [-0.15, -0.1) is 0 Å². The van der Waals surface area contributed by atoms with Crippen LogP contribution >= 0.6 is 11.6 Å². The Morgan fingerprint density at radius 2 is 2.00 bits per heavy atom. The molecule has 10 heteroatoms. The van der Waals surface area contributed by atoms with Gasteiger partial charge >= 0.3 is 0 Å². The van der Waals surface area contributed by atoms with Crippen LogP contribution in [-0.4, -0.2) is 65.9 Å². The standard InChI is InChI=1S/C21H22ClN5O3S/c22-19-4-3-18(7-15(19)9-23)31(28,29)27-6-5-26-13-17(8-16(26)12-27)30-21-11-24-20(10-25-21)14-1-2-14/h3-4,7,10-11,14,16-17H,1-2,5-6,8,12-13H2/t16-,17+/m0/s1. The van der Waals surface area contributed by atoms with Crippen LogP contribution in [0, 0.1) is 11.3 Å². The zero-order valence-corrected chi connectivity index (χ0v) is 18.4. The van der Waals surface area contributed by atoms with Gasteiger partial charge in [-0.05, 0) is 31.0 Å². The summed E-state index contributed by atoms with van der Waals surface area (Å²) in [6.07, 6.45) is 6.53. The summed E-state index contributed by atoms with van der Waals surface area (Å²) in [6, 6.07) is 6.27. The fourth-order valence-corrected chi connectivity index (χ4v) is 5.97. The van der Waals surface area contributed by atoms with E-state index in [0.717, 1.165) is 18.7 Å². The number of hydrogen-bond acceptors (Lipinski definition) is 7. The average Bonchev–Trinajstić information content (AvgIpc) is 3.54. The lowest BCUT2D eigenvalue weighted by Crippen LogP contribution is -2.51. The maximum atomic E-state index is 13.1. The number of benzene rings is 1. The molecule has 0 radical (unpaired) electrons. The van der Waals surface area contributed by atoms with E-state index in [9.17, 15) is 8.42 Å². The Bertz CT molecular complexity index is 1130. The number of halogens is 1. The van der Waals surface area contributed by atoms with Crippen molar-refractivity contribution in [1.82, 2.24) is 19.2 Å². The van der Waals surface area contributed by atoms with Crippen LogP contribution in [0.4, 0.5) is 0 Å². The Hall–Kier alpha value is -2.25. The van der Waals surface area contributed by atoms with E-state index < -0.39 is 10.0 Å². The van der Waals surface area contributed by atoms with E-state index >= 15 is 0 Å². The van der Waals surface area contributed by atoms with Crippen LogP contribution in [0.1, 0.15) is 36.4 Å². The molecule has 0 N–H and O–H groups in total. The smallest absolute Gasteiger partial charge is 0.243 e. The van der Waals surface area contributed by atoms with Crippen LogP contribution < -0.4 is 4.74 Å². The third-order valence-electron chi connectivity index (χ3n) is 6.17. The highest BCUT2D eigenvalue weighted by Crippen LogP contribution is 2.38. The van der Waals surface area contributed by atoms with Crippen molar-refractivity contribution in [2.75, 3.05) is 26.2 Å². The summed E-state index contributed by atoms with van der Waals surface area (Å²) in [6.45, 7) is 2.16. The number of nitrogens with zero attached hydrogens (tertiary/aromatic N) is 5. The molecule has 2 saturated heterocycles. The lowest BCUT2D eigenvalue weighted by atomic mass is 10.2. The number of nitriles is 1. The Morgan fingerprint density at radius 1 is 1.16 bits per heavy atom. The molecule has 1 saturated carbocycles. The quantitative estimate of drug-likeness (QED) is 0.676. The minimum Gasteiger partial charge on any atom is -0.472 e. The molecule has 0 bridgehead atoms. The van der Waals surface area contributed by atoms with Gasteiger partial charge in [0.25, 0.3) is 0 Å². The molecule has 0 amide bonds. The van der Waals surface area contributed by atoms with E-state index in [-0.39, 0.29) is 27.6 Å². The van der Waals surface area contributed by atoms with Crippen molar-refractivity contribution in [3.63, 3.8) is 0 Å². The topological polar surface area (TPSA) is 99.4 Å². The second-order valence-corrected chi connectivity index (χ2v) is 10.6. The molecule has 2 aliphatic heterocycles. The highest BCUT2D eigenvalue weighted by atomic mass is 35.5. The number of fused-ring (bicyclic) bond motifs is 1. The summed E-state index contributed by atoms with van der Waals surface area (Å²) in [7, 11) is -3.70. The van der Waals surface area contributed by atoms with Crippen LogP contribution in [0.15, 0.2) is 35.5 Å². The van der Waals surface area contributed by atoms with E-state index in [1.807, 2.05) is 6.07 Å². The summed E-state index contributed by atoms with van der Waals surface area (Å²) in [5, 5.41) is 9.41. The molecule has 1 aliphatic carbocycles. The van der Waals surface area contributed by atoms with Crippen molar-refractivity contribution < 1.29 is 13.2 Å². The van der Waals surface area contributed by atoms with E-state index in [4.69, 9.17) is 21.6 Å². The molecule has 3 aliphatic rings. The molecule has 3 heterocycles. The largest absolute Gasteiger partial charge is 0.472 e. The van der Waals surface area contributed by atoms with Crippen LogP contribution in [0.3, 0.4) is 0 Å². The first-order valence-electron chi connectivity index (χ1n) is 10.4. The number of piperazine rings is 1. The minimum atomic E-state index is -3.70. The molecule has 2 aromatic rings. The third-order valence-corrected chi connectivity index (χ3v) is 8.36. The third kappa shape index (κ3) is 4.13. The van der Waals surface area contributed by atoms with Crippen molar-refractivity contribution in [2.45, 2.75) is 42.2 Å². The second kappa shape index (κ2) is 8.02. The van der Waals surface area contributed by atoms with Gasteiger partial charge in [-0.2, -0.15) is 9.57 Å². The molecule has 1 aromatic carbocycles. The van der Waals surface area contributed by atoms with Gasteiger partial charge in [0, 0.05) is 44.6 Å². The molecule has 5 rings (SSSR count). The normalized spacial score (nSPS) is 24.5. The molecule has 1 aromatic heterocycles. The lowest BCUT2D eigenvalue weighted by Gasteiger charge is -2.36. The zero-order valence-electron chi connectivity index (χ0n) is 16.8. The molecule has 0 unspecified atom stereocenters. The van der Waals surface area contributed by atoms with Crippen molar-refractivity contribution in [2.24, 2.45) is 0 Å². The summed E-state index contributed by atoms with van der Waals surface area (Å²) in [4.78, 5) is 11.2. The Balaban J connectivity index is 1.24. The van der Waals surface area contributed by atoms with Crippen LogP contribution in [-0.2, 0) is 10.0 Å². The van der Waals surface area contributed by atoms with Gasteiger partial charge in [-0.1, -0.05) is 11.6 Å². The van der Waals surface area contributed by atoms with Crippen LogP contribution in [0.5, 0.6) is 5.88 Å². The Kier molecular flexibility index (Phi) is 5.34.